The lowest BCUT2D eigenvalue weighted by Gasteiger charge is -2.34. The molecule has 1 aromatic rings. The Bertz CT molecular complexity index is 407. The van der Waals surface area contributed by atoms with Crippen LogP contribution in [0.15, 0.2) is 18.2 Å². The molecular weight excluding hydrogens is 329 g/mol. The molecule has 1 aromatic carbocycles. The summed E-state index contributed by atoms with van der Waals surface area (Å²) < 4.78 is 13.5. The first-order valence-electron chi connectivity index (χ1n) is 6.95. The fraction of sp³-hybridized carbons (Fsp3) is 0.600. The van der Waals surface area contributed by atoms with Crippen LogP contribution >= 0.6 is 27.5 Å². The van der Waals surface area contributed by atoms with Crippen molar-refractivity contribution in [3.63, 3.8) is 0 Å². The van der Waals surface area contributed by atoms with Crippen LogP contribution in [-0.4, -0.2) is 22.8 Å². The molecular formula is C15H20BrClFN. The van der Waals surface area contributed by atoms with Gasteiger partial charge < -0.3 is 0 Å². The van der Waals surface area contributed by atoms with Crippen molar-refractivity contribution in [3.05, 3.63) is 34.6 Å². The minimum absolute atomic E-state index is 0.276. The van der Waals surface area contributed by atoms with Crippen LogP contribution in [0.2, 0.25) is 5.02 Å². The highest BCUT2D eigenvalue weighted by molar-refractivity contribution is 9.09. The lowest BCUT2D eigenvalue weighted by atomic mass is 9.94. The van der Waals surface area contributed by atoms with Crippen LogP contribution < -0.4 is 0 Å². The number of hydrogen-bond donors (Lipinski definition) is 0. The van der Waals surface area contributed by atoms with Crippen molar-refractivity contribution in [1.29, 1.82) is 0 Å². The molecule has 0 saturated heterocycles. The van der Waals surface area contributed by atoms with Gasteiger partial charge in [-0.1, -0.05) is 58.9 Å². The molecule has 4 heteroatoms. The van der Waals surface area contributed by atoms with E-state index in [1.165, 1.54) is 38.2 Å². The second-order valence-corrected chi connectivity index (χ2v) is 6.34. The van der Waals surface area contributed by atoms with Crippen LogP contribution in [0.25, 0.3) is 0 Å². The Hall–Kier alpha value is -0.120. The summed E-state index contributed by atoms with van der Waals surface area (Å²) in [6, 6.07) is 5.70. The molecule has 0 N–H and O–H groups in total. The summed E-state index contributed by atoms with van der Waals surface area (Å²) in [6.45, 7) is 1.73. The average molecular weight is 349 g/mol. The Morgan fingerprint density at radius 1 is 1.26 bits per heavy atom. The molecule has 1 aliphatic rings. The van der Waals surface area contributed by atoms with E-state index in [-0.39, 0.29) is 10.8 Å². The molecule has 2 rings (SSSR count). The molecule has 0 aromatic heterocycles. The number of halogens is 3. The zero-order valence-electron chi connectivity index (χ0n) is 11.0. The zero-order valence-corrected chi connectivity index (χ0v) is 13.4. The first-order valence-corrected chi connectivity index (χ1v) is 8.45. The van der Waals surface area contributed by atoms with E-state index in [1.54, 1.807) is 6.07 Å². The summed E-state index contributed by atoms with van der Waals surface area (Å²) in [7, 11) is 0. The highest BCUT2D eigenvalue weighted by Gasteiger charge is 2.21. The second kappa shape index (κ2) is 7.61. The molecule has 19 heavy (non-hydrogen) atoms. The normalized spacial score (nSPS) is 17.1. The van der Waals surface area contributed by atoms with Crippen molar-refractivity contribution < 1.29 is 4.39 Å². The van der Waals surface area contributed by atoms with Crippen LogP contribution in [0.3, 0.4) is 0 Å². The van der Waals surface area contributed by atoms with Crippen LogP contribution in [0.4, 0.5) is 4.39 Å². The average Bonchev–Trinajstić information content (AvgIpc) is 2.44. The molecule has 0 amide bonds. The van der Waals surface area contributed by atoms with Gasteiger partial charge in [0, 0.05) is 24.5 Å². The summed E-state index contributed by atoms with van der Waals surface area (Å²) in [5.41, 5.74) is 0.896. The largest absolute Gasteiger partial charge is 0.295 e. The first kappa shape index (κ1) is 15.3. The van der Waals surface area contributed by atoms with Gasteiger partial charge in [0.05, 0.1) is 5.02 Å². The maximum atomic E-state index is 13.5. The topological polar surface area (TPSA) is 3.24 Å². The summed E-state index contributed by atoms with van der Waals surface area (Å²) >= 11 is 9.58. The Balaban J connectivity index is 2.08. The molecule has 1 aliphatic carbocycles. The van der Waals surface area contributed by atoms with E-state index >= 15 is 0 Å². The third-order valence-electron chi connectivity index (χ3n) is 3.87. The van der Waals surface area contributed by atoms with Gasteiger partial charge in [-0.15, -0.1) is 0 Å². The zero-order chi connectivity index (χ0) is 13.7. The Morgan fingerprint density at radius 2 is 2.00 bits per heavy atom. The molecule has 0 bridgehead atoms. The van der Waals surface area contributed by atoms with E-state index in [0.717, 1.165) is 24.0 Å². The maximum absolute atomic E-state index is 13.5. The molecule has 0 aliphatic heterocycles. The highest BCUT2D eigenvalue weighted by Crippen LogP contribution is 2.27. The monoisotopic (exact) mass is 347 g/mol. The lowest BCUT2D eigenvalue weighted by Crippen LogP contribution is -2.37. The Morgan fingerprint density at radius 3 is 2.68 bits per heavy atom. The number of nitrogens with zero attached hydrogens (tertiary/aromatic N) is 1. The first-order chi connectivity index (χ1) is 9.22. The predicted octanol–water partition coefficient (Wildman–Crippen LogP) is 5.01. The SMILES string of the molecule is Fc1cccc(CN(CCBr)C2CCCCC2)c1Cl. The minimum Gasteiger partial charge on any atom is -0.295 e. The number of hydrogen-bond acceptors (Lipinski definition) is 1. The molecule has 1 nitrogen and oxygen atoms in total. The Kier molecular flexibility index (Phi) is 6.11. The second-order valence-electron chi connectivity index (χ2n) is 5.16. The molecule has 0 spiro atoms. The van der Waals surface area contributed by atoms with Crippen LogP contribution in [0, 0.1) is 5.82 Å². The van der Waals surface area contributed by atoms with Gasteiger partial charge in [-0.05, 0) is 24.5 Å². The Labute approximate surface area is 128 Å². The molecule has 0 radical (unpaired) electrons. The summed E-state index contributed by atoms with van der Waals surface area (Å²) in [6.07, 6.45) is 6.46. The van der Waals surface area contributed by atoms with Crippen molar-refractivity contribution in [2.24, 2.45) is 0 Å². The van der Waals surface area contributed by atoms with Crippen molar-refractivity contribution in [2.75, 3.05) is 11.9 Å². The van der Waals surface area contributed by atoms with Gasteiger partial charge in [0.15, 0.2) is 0 Å². The van der Waals surface area contributed by atoms with Crippen LogP contribution in [0.1, 0.15) is 37.7 Å². The van der Waals surface area contributed by atoms with Crippen molar-refractivity contribution in [2.45, 2.75) is 44.7 Å². The predicted molar refractivity (Wildman–Crippen MR) is 82.5 cm³/mol. The third-order valence-corrected chi connectivity index (χ3v) is 4.65. The number of benzene rings is 1. The van der Waals surface area contributed by atoms with Gasteiger partial charge in [0.1, 0.15) is 5.82 Å². The van der Waals surface area contributed by atoms with Crippen molar-refractivity contribution >= 4 is 27.5 Å². The number of alkyl halides is 1. The van der Waals surface area contributed by atoms with E-state index in [2.05, 4.69) is 20.8 Å². The van der Waals surface area contributed by atoms with Crippen LogP contribution in [0.5, 0.6) is 0 Å². The highest BCUT2D eigenvalue weighted by atomic mass is 79.9. The fourth-order valence-electron chi connectivity index (χ4n) is 2.83. The molecule has 0 atom stereocenters. The van der Waals surface area contributed by atoms with E-state index < -0.39 is 0 Å². The van der Waals surface area contributed by atoms with E-state index in [4.69, 9.17) is 11.6 Å². The molecule has 1 saturated carbocycles. The van der Waals surface area contributed by atoms with Gasteiger partial charge in [-0.3, -0.25) is 4.90 Å². The number of rotatable bonds is 5. The molecule has 0 unspecified atom stereocenters. The summed E-state index contributed by atoms with van der Waals surface area (Å²) in [4.78, 5) is 2.44. The van der Waals surface area contributed by atoms with Gasteiger partial charge in [-0.25, -0.2) is 4.39 Å². The fourth-order valence-corrected chi connectivity index (χ4v) is 3.48. The molecule has 0 heterocycles. The molecule has 1 fully saturated rings. The van der Waals surface area contributed by atoms with Gasteiger partial charge in [0.2, 0.25) is 0 Å². The lowest BCUT2D eigenvalue weighted by molar-refractivity contribution is 0.157. The van der Waals surface area contributed by atoms with Crippen LogP contribution in [-0.2, 0) is 6.54 Å². The van der Waals surface area contributed by atoms with E-state index in [0.29, 0.717) is 6.04 Å². The van der Waals surface area contributed by atoms with E-state index in [9.17, 15) is 4.39 Å². The standard InChI is InChI=1S/C15H20BrClFN/c16-9-10-19(13-6-2-1-3-7-13)11-12-5-4-8-14(18)15(12)17/h4-5,8,13H,1-3,6-7,9-11H2. The summed E-state index contributed by atoms with van der Waals surface area (Å²) in [5, 5.41) is 1.22. The smallest absolute Gasteiger partial charge is 0.142 e. The van der Waals surface area contributed by atoms with Crippen molar-refractivity contribution in [1.82, 2.24) is 4.90 Å². The van der Waals surface area contributed by atoms with Crippen molar-refractivity contribution in [3.8, 4) is 0 Å². The molecule has 106 valence electrons. The summed E-state index contributed by atoms with van der Waals surface area (Å²) in [5.74, 6) is -0.318. The minimum atomic E-state index is -0.318. The third kappa shape index (κ3) is 4.17. The van der Waals surface area contributed by atoms with Gasteiger partial charge in [0.25, 0.3) is 0 Å². The quantitative estimate of drug-likeness (QED) is 0.676. The maximum Gasteiger partial charge on any atom is 0.142 e. The van der Waals surface area contributed by atoms with E-state index in [1.807, 2.05) is 6.07 Å². The van der Waals surface area contributed by atoms with Gasteiger partial charge >= 0.3 is 0 Å². The van der Waals surface area contributed by atoms with Gasteiger partial charge in [-0.2, -0.15) is 0 Å².